The largest absolute Gasteiger partial charge is 0.274 e. The first kappa shape index (κ1) is 24.4. The summed E-state index contributed by atoms with van der Waals surface area (Å²) in [6, 6.07) is 9.15. The summed E-state index contributed by atoms with van der Waals surface area (Å²) in [6.07, 6.45) is 22.8. The van der Waals surface area contributed by atoms with E-state index in [1.807, 2.05) is 18.2 Å². The Hall–Kier alpha value is -1.61. The number of carbonyl (C=O) groups is 1. The van der Waals surface area contributed by atoms with E-state index in [9.17, 15) is 4.79 Å². The van der Waals surface area contributed by atoms with Crippen LogP contribution in [-0.4, -0.2) is 12.5 Å². The summed E-state index contributed by atoms with van der Waals surface area (Å²) in [6.45, 7) is 2.85. The minimum atomic E-state index is -0.176. The molecule has 0 bridgehead atoms. The summed E-state index contributed by atoms with van der Waals surface area (Å²) in [5.74, 6) is -0.176. The van der Waals surface area contributed by atoms with Gasteiger partial charge in [-0.15, -0.1) is 0 Å². The van der Waals surface area contributed by atoms with Gasteiger partial charge in [-0.2, -0.15) is 0 Å². The van der Waals surface area contributed by atoms with E-state index in [0.29, 0.717) is 12.2 Å². The third-order valence-electron chi connectivity index (χ3n) is 4.96. The molecule has 1 aromatic rings. The molecule has 3 heteroatoms. The molecule has 0 aliphatic carbocycles. The SMILES string of the molecule is CCCCCCCC/C=C\CCCCCCCCONC(=O)c1ccccc1. The first-order chi connectivity index (χ1) is 13.8. The average Bonchev–Trinajstić information content (AvgIpc) is 2.73. The number of carbonyl (C=O) groups excluding carboxylic acids is 1. The summed E-state index contributed by atoms with van der Waals surface area (Å²) in [7, 11) is 0. The molecule has 1 N–H and O–H groups in total. The number of benzene rings is 1. The van der Waals surface area contributed by atoms with E-state index in [4.69, 9.17) is 4.84 Å². The van der Waals surface area contributed by atoms with E-state index in [0.717, 1.165) is 12.8 Å². The first-order valence-corrected chi connectivity index (χ1v) is 11.5. The fraction of sp³-hybridized carbons (Fsp3) is 0.640. The smallest absolute Gasteiger partial charge is 0.273 e. The maximum absolute atomic E-state index is 11.8. The summed E-state index contributed by atoms with van der Waals surface area (Å²) in [5, 5.41) is 0. The molecule has 0 radical (unpaired) electrons. The minimum Gasteiger partial charge on any atom is -0.273 e. The van der Waals surface area contributed by atoms with Crippen molar-refractivity contribution in [3.8, 4) is 0 Å². The van der Waals surface area contributed by atoms with E-state index in [-0.39, 0.29) is 5.91 Å². The Balaban J connectivity index is 1.78. The van der Waals surface area contributed by atoms with Crippen LogP contribution in [0.4, 0.5) is 0 Å². The molecular formula is C25H41NO2. The molecule has 0 aromatic heterocycles. The van der Waals surface area contributed by atoms with Crippen LogP contribution >= 0.6 is 0 Å². The van der Waals surface area contributed by atoms with Gasteiger partial charge in [0, 0.05) is 5.56 Å². The summed E-state index contributed by atoms with van der Waals surface area (Å²) >= 11 is 0. The number of unbranched alkanes of at least 4 members (excludes halogenated alkanes) is 12. The topological polar surface area (TPSA) is 38.3 Å². The quantitative estimate of drug-likeness (QED) is 0.162. The fourth-order valence-corrected chi connectivity index (χ4v) is 3.19. The molecule has 1 aromatic carbocycles. The summed E-state index contributed by atoms with van der Waals surface area (Å²) < 4.78 is 0. The van der Waals surface area contributed by atoms with Gasteiger partial charge in [0.2, 0.25) is 0 Å². The van der Waals surface area contributed by atoms with Crippen LogP contribution in [0.15, 0.2) is 42.5 Å². The Morgan fingerprint density at radius 2 is 1.32 bits per heavy atom. The zero-order chi connectivity index (χ0) is 20.1. The van der Waals surface area contributed by atoms with E-state index >= 15 is 0 Å². The molecule has 0 atom stereocenters. The highest BCUT2D eigenvalue weighted by Gasteiger charge is 2.03. The Morgan fingerprint density at radius 1 is 0.786 bits per heavy atom. The molecule has 0 fully saturated rings. The molecule has 28 heavy (non-hydrogen) atoms. The van der Waals surface area contributed by atoms with Gasteiger partial charge in [0.1, 0.15) is 0 Å². The van der Waals surface area contributed by atoms with Crippen LogP contribution in [0.5, 0.6) is 0 Å². The molecule has 1 rings (SSSR count). The third-order valence-corrected chi connectivity index (χ3v) is 4.96. The van der Waals surface area contributed by atoms with Crippen molar-refractivity contribution in [2.75, 3.05) is 6.61 Å². The molecule has 3 nitrogen and oxygen atoms in total. The third kappa shape index (κ3) is 14.4. The molecule has 0 heterocycles. The predicted molar refractivity (Wildman–Crippen MR) is 119 cm³/mol. The number of hydrogen-bond donors (Lipinski definition) is 1. The number of hydroxylamine groups is 1. The molecular weight excluding hydrogens is 346 g/mol. The molecule has 0 unspecified atom stereocenters. The van der Waals surface area contributed by atoms with Crippen LogP contribution in [0.25, 0.3) is 0 Å². The van der Waals surface area contributed by atoms with Crippen molar-refractivity contribution in [3.63, 3.8) is 0 Å². The van der Waals surface area contributed by atoms with Crippen LogP contribution < -0.4 is 5.48 Å². The van der Waals surface area contributed by atoms with Crippen molar-refractivity contribution in [2.24, 2.45) is 0 Å². The van der Waals surface area contributed by atoms with Crippen molar-refractivity contribution < 1.29 is 9.63 Å². The highest BCUT2D eigenvalue weighted by molar-refractivity contribution is 5.93. The molecule has 0 saturated carbocycles. The zero-order valence-electron chi connectivity index (χ0n) is 18.0. The molecule has 0 saturated heterocycles. The Labute approximate surface area is 172 Å². The highest BCUT2D eigenvalue weighted by atomic mass is 16.6. The van der Waals surface area contributed by atoms with Crippen molar-refractivity contribution in [3.05, 3.63) is 48.0 Å². The fourth-order valence-electron chi connectivity index (χ4n) is 3.19. The lowest BCUT2D eigenvalue weighted by atomic mass is 10.1. The second-order valence-electron chi connectivity index (χ2n) is 7.58. The lowest BCUT2D eigenvalue weighted by Crippen LogP contribution is -2.24. The van der Waals surface area contributed by atoms with Crippen molar-refractivity contribution in [2.45, 2.75) is 96.8 Å². The maximum atomic E-state index is 11.8. The van der Waals surface area contributed by atoms with Crippen molar-refractivity contribution in [1.82, 2.24) is 5.48 Å². The van der Waals surface area contributed by atoms with Crippen molar-refractivity contribution >= 4 is 5.91 Å². The second-order valence-corrected chi connectivity index (χ2v) is 7.58. The number of nitrogens with one attached hydrogen (secondary N) is 1. The Bertz CT molecular complexity index is 499. The van der Waals surface area contributed by atoms with Crippen molar-refractivity contribution in [1.29, 1.82) is 0 Å². The Kier molecular flexibility index (Phi) is 16.3. The summed E-state index contributed by atoms with van der Waals surface area (Å²) in [5.41, 5.74) is 3.13. The van der Waals surface area contributed by atoms with Gasteiger partial charge in [-0.05, 0) is 44.2 Å². The van der Waals surface area contributed by atoms with Gasteiger partial charge in [0.25, 0.3) is 5.91 Å². The Morgan fingerprint density at radius 3 is 1.93 bits per heavy atom. The molecule has 0 aliphatic rings. The van der Waals surface area contributed by atoms with Gasteiger partial charge in [-0.3, -0.25) is 9.63 Å². The monoisotopic (exact) mass is 387 g/mol. The van der Waals surface area contributed by atoms with Crippen LogP contribution in [0.1, 0.15) is 107 Å². The minimum absolute atomic E-state index is 0.176. The lowest BCUT2D eigenvalue weighted by molar-refractivity contribution is 0.0297. The van der Waals surface area contributed by atoms with Crippen LogP contribution in [-0.2, 0) is 4.84 Å². The van der Waals surface area contributed by atoms with Gasteiger partial charge in [-0.1, -0.05) is 95.1 Å². The van der Waals surface area contributed by atoms with Gasteiger partial charge in [0.15, 0.2) is 0 Å². The highest BCUT2D eigenvalue weighted by Crippen LogP contribution is 2.10. The van der Waals surface area contributed by atoms with Crippen LogP contribution in [0.2, 0.25) is 0 Å². The first-order valence-electron chi connectivity index (χ1n) is 11.5. The molecule has 1 amide bonds. The van der Waals surface area contributed by atoms with Crippen LogP contribution in [0.3, 0.4) is 0 Å². The van der Waals surface area contributed by atoms with E-state index in [2.05, 4.69) is 24.6 Å². The van der Waals surface area contributed by atoms with Gasteiger partial charge >= 0.3 is 0 Å². The van der Waals surface area contributed by atoms with Gasteiger partial charge in [0.05, 0.1) is 6.61 Å². The predicted octanol–water partition coefficient (Wildman–Crippen LogP) is 7.39. The van der Waals surface area contributed by atoms with Gasteiger partial charge < -0.3 is 0 Å². The summed E-state index contributed by atoms with van der Waals surface area (Å²) in [4.78, 5) is 17.0. The maximum Gasteiger partial charge on any atom is 0.274 e. The average molecular weight is 388 g/mol. The zero-order valence-corrected chi connectivity index (χ0v) is 18.0. The second kappa shape index (κ2) is 18.7. The number of allylic oxidation sites excluding steroid dienone is 2. The van der Waals surface area contributed by atoms with E-state index in [1.165, 1.54) is 77.0 Å². The lowest BCUT2D eigenvalue weighted by Gasteiger charge is -2.06. The molecule has 0 aliphatic heterocycles. The number of amides is 1. The number of rotatable bonds is 18. The normalized spacial score (nSPS) is 11.2. The standard InChI is InChI=1S/C25H41NO2/c1-2-3-4-5-6-7-8-9-10-11-12-13-14-15-16-20-23-28-26-25(27)24-21-18-17-19-22-24/h9-10,17-19,21-22H,2-8,11-16,20,23H2,1H3,(H,26,27)/b10-9-. The van der Waals surface area contributed by atoms with Gasteiger partial charge in [-0.25, -0.2) is 5.48 Å². The number of hydrogen-bond acceptors (Lipinski definition) is 2. The molecule has 158 valence electrons. The van der Waals surface area contributed by atoms with E-state index in [1.54, 1.807) is 12.1 Å². The molecule has 0 spiro atoms. The van der Waals surface area contributed by atoms with E-state index < -0.39 is 0 Å². The van der Waals surface area contributed by atoms with Crippen LogP contribution in [0, 0.1) is 0 Å².